The zero-order valence-corrected chi connectivity index (χ0v) is 14.8. The Bertz CT molecular complexity index is 703. The fraction of sp³-hybridized carbons (Fsp3) is 0.462. The molecular formula is C13H15BrClF2N5O. The van der Waals surface area contributed by atoms with Crippen molar-refractivity contribution in [2.24, 2.45) is 0 Å². The summed E-state index contributed by atoms with van der Waals surface area (Å²) in [6, 6.07) is -0.708. The molecule has 23 heavy (non-hydrogen) atoms. The number of hydrogen-bond acceptors (Lipinski definition) is 3. The molecule has 0 saturated heterocycles. The van der Waals surface area contributed by atoms with Crippen LogP contribution < -0.4 is 5.32 Å². The molecule has 0 unspecified atom stereocenters. The third-order valence-corrected chi connectivity index (χ3v) is 4.47. The summed E-state index contributed by atoms with van der Waals surface area (Å²) in [4.78, 5) is 12.2. The van der Waals surface area contributed by atoms with Crippen molar-refractivity contribution in [3.05, 3.63) is 33.3 Å². The highest BCUT2D eigenvalue weighted by molar-refractivity contribution is 9.10. The van der Waals surface area contributed by atoms with E-state index in [1.54, 1.807) is 24.7 Å². The summed E-state index contributed by atoms with van der Waals surface area (Å²) in [5.74, 6) is -0.317. The number of amides is 1. The standard InChI is InChI=1S/C13H15BrClF2N5O/c1-7-10(14)11(12(16)17)20-22(7)8(2)13(23)18-3-4-21-6-9(15)5-19-21/h5-6,8,12H,3-4H2,1-2H3,(H,18,23)/t8-/m1/s1. The van der Waals surface area contributed by atoms with Gasteiger partial charge >= 0.3 is 0 Å². The van der Waals surface area contributed by atoms with Crippen LogP contribution in [0.5, 0.6) is 0 Å². The lowest BCUT2D eigenvalue weighted by molar-refractivity contribution is -0.124. The van der Waals surface area contributed by atoms with Gasteiger partial charge in [0.25, 0.3) is 6.43 Å². The highest BCUT2D eigenvalue weighted by Crippen LogP contribution is 2.30. The van der Waals surface area contributed by atoms with Crippen molar-refractivity contribution in [3.63, 3.8) is 0 Å². The van der Waals surface area contributed by atoms with Crippen LogP contribution in [0.2, 0.25) is 5.02 Å². The molecule has 1 N–H and O–H groups in total. The normalized spacial score (nSPS) is 12.7. The Kier molecular flexibility index (Phi) is 5.74. The van der Waals surface area contributed by atoms with Gasteiger partial charge in [-0.05, 0) is 29.8 Å². The number of nitrogens with one attached hydrogen (secondary N) is 1. The van der Waals surface area contributed by atoms with Crippen molar-refractivity contribution in [1.29, 1.82) is 0 Å². The summed E-state index contributed by atoms with van der Waals surface area (Å²) >= 11 is 8.83. The van der Waals surface area contributed by atoms with Gasteiger partial charge in [-0.3, -0.25) is 14.2 Å². The van der Waals surface area contributed by atoms with Crippen molar-refractivity contribution >= 4 is 33.4 Å². The molecule has 1 atom stereocenters. The van der Waals surface area contributed by atoms with Crippen LogP contribution in [-0.2, 0) is 11.3 Å². The summed E-state index contributed by atoms with van der Waals surface area (Å²) in [5.41, 5.74) is 0.107. The maximum Gasteiger partial charge on any atom is 0.283 e. The molecule has 0 bridgehead atoms. The van der Waals surface area contributed by atoms with Crippen LogP contribution in [0, 0.1) is 6.92 Å². The van der Waals surface area contributed by atoms with Gasteiger partial charge < -0.3 is 5.32 Å². The lowest BCUT2D eigenvalue weighted by Crippen LogP contribution is -2.34. The van der Waals surface area contributed by atoms with E-state index < -0.39 is 12.5 Å². The van der Waals surface area contributed by atoms with Gasteiger partial charge in [0.2, 0.25) is 5.91 Å². The quantitative estimate of drug-likeness (QED) is 0.796. The zero-order chi connectivity index (χ0) is 17.1. The highest BCUT2D eigenvalue weighted by atomic mass is 79.9. The van der Waals surface area contributed by atoms with Crippen molar-refractivity contribution < 1.29 is 13.6 Å². The second-order valence-electron chi connectivity index (χ2n) is 4.92. The van der Waals surface area contributed by atoms with Crippen LogP contribution in [-0.4, -0.2) is 32.0 Å². The van der Waals surface area contributed by atoms with Gasteiger partial charge in [0.1, 0.15) is 11.7 Å². The molecule has 2 rings (SSSR count). The van der Waals surface area contributed by atoms with E-state index in [0.29, 0.717) is 23.8 Å². The lowest BCUT2D eigenvalue weighted by Gasteiger charge is -2.14. The molecule has 10 heteroatoms. The lowest BCUT2D eigenvalue weighted by atomic mass is 10.3. The number of carbonyl (C=O) groups is 1. The van der Waals surface area contributed by atoms with E-state index in [2.05, 4.69) is 31.4 Å². The molecule has 2 aromatic rings. The summed E-state index contributed by atoms with van der Waals surface area (Å²) < 4.78 is 28.8. The Balaban J connectivity index is 1.98. The van der Waals surface area contributed by atoms with E-state index in [-0.39, 0.29) is 16.1 Å². The van der Waals surface area contributed by atoms with Gasteiger partial charge in [-0.15, -0.1) is 0 Å². The number of nitrogens with zero attached hydrogens (tertiary/aromatic N) is 4. The first-order valence-corrected chi connectivity index (χ1v) is 7.96. The molecule has 0 aliphatic rings. The average molecular weight is 411 g/mol. The van der Waals surface area contributed by atoms with Crippen LogP contribution in [0.3, 0.4) is 0 Å². The van der Waals surface area contributed by atoms with E-state index in [1.807, 2.05) is 0 Å². The maximum absolute atomic E-state index is 12.9. The van der Waals surface area contributed by atoms with Gasteiger partial charge in [0.05, 0.1) is 27.9 Å². The Morgan fingerprint density at radius 2 is 2.22 bits per heavy atom. The summed E-state index contributed by atoms with van der Waals surface area (Å²) in [7, 11) is 0. The molecule has 0 saturated carbocycles. The van der Waals surface area contributed by atoms with Gasteiger partial charge in [-0.1, -0.05) is 11.6 Å². The van der Waals surface area contributed by atoms with E-state index in [9.17, 15) is 13.6 Å². The maximum atomic E-state index is 12.9. The smallest absolute Gasteiger partial charge is 0.283 e. The van der Waals surface area contributed by atoms with E-state index >= 15 is 0 Å². The monoisotopic (exact) mass is 409 g/mol. The molecule has 0 aliphatic heterocycles. The predicted octanol–water partition coefficient (Wildman–Crippen LogP) is 3.12. The first kappa shape index (κ1) is 17.9. The molecule has 2 aromatic heterocycles. The Morgan fingerprint density at radius 3 is 2.74 bits per heavy atom. The van der Waals surface area contributed by atoms with E-state index in [4.69, 9.17) is 11.6 Å². The molecule has 0 fully saturated rings. The van der Waals surface area contributed by atoms with Gasteiger partial charge in [0, 0.05) is 12.7 Å². The molecule has 0 spiro atoms. The molecule has 1 amide bonds. The predicted molar refractivity (Wildman–Crippen MR) is 84.6 cm³/mol. The molecule has 6 nitrogen and oxygen atoms in total. The van der Waals surface area contributed by atoms with Crippen LogP contribution in [0.4, 0.5) is 8.78 Å². The fourth-order valence-corrected chi connectivity index (χ4v) is 2.64. The average Bonchev–Trinajstić information content (AvgIpc) is 3.03. The summed E-state index contributed by atoms with van der Waals surface area (Å²) in [5, 5.41) is 11.0. The Morgan fingerprint density at radius 1 is 1.52 bits per heavy atom. The number of carbonyl (C=O) groups excluding carboxylic acids is 1. The van der Waals surface area contributed by atoms with Crippen molar-refractivity contribution in [1.82, 2.24) is 24.9 Å². The zero-order valence-electron chi connectivity index (χ0n) is 12.4. The molecule has 0 aromatic carbocycles. The number of alkyl halides is 2. The van der Waals surface area contributed by atoms with Crippen LogP contribution in [0.1, 0.15) is 30.8 Å². The SMILES string of the molecule is Cc1c(Br)c(C(F)F)nn1[C@H](C)C(=O)NCCn1cc(Cl)cn1. The number of rotatable bonds is 6. The molecular weight excluding hydrogens is 396 g/mol. The van der Waals surface area contributed by atoms with E-state index in [1.165, 1.54) is 10.9 Å². The van der Waals surface area contributed by atoms with E-state index in [0.717, 1.165) is 0 Å². The molecule has 126 valence electrons. The summed E-state index contributed by atoms with van der Waals surface area (Å²) in [6.45, 7) is 4.01. The number of halogens is 4. The third-order valence-electron chi connectivity index (χ3n) is 3.30. The molecule has 2 heterocycles. The summed E-state index contributed by atoms with van der Waals surface area (Å²) in [6.07, 6.45) is 0.438. The van der Waals surface area contributed by atoms with Crippen LogP contribution >= 0.6 is 27.5 Å². The largest absolute Gasteiger partial charge is 0.352 e. The van der Waals surface area contributed by atoms with Crippen molar-refractivity contribution in [2.75, 3.05) is 6.54 Å². The first-order valence-electron chi connectivity index (χ1n) is 6.79. The Labute approximate surface area is 144 Å². The van der Waals surface area contributed by atoms with Crippen molar-refractivity contribution in [2.45, 2.75) is 32.9 Å². The van der Waals surface area contributed by atoms with Gasteiger partial charge in [0.15, 0.2) is 0 Å². The van der Waals surface area contributed by atoms with Gasteiger partial charge in [-0.2, -0.15) is 10.2 Å². The molecule has 0 radical (unpaired) electrons. The third kappa shape index (κ3) is 4.08. The van der Waals surface area contributed by atoms with Crippen LogP contribution in [0.25, 0.3) is 0 Å². The van der Waals surface area contributed by atoms with Crippen molar-refractivity contribution in [3.8, 4) is 0 Å². The second kappa shape index (κ2) is 7.39. The number of hydrogen-bond donors (Lipinski definition) is 1. The second-order valence-corrected chi connectivity index (χ2v) is 6.15. The molecule has 0 aliphatic carbocycles. The van der Waals surface area contributed by atoms with Gasteiger partial charge in [-0.25, -0.2) is 8.78 Å². The first-order chi connectivity index (χ1) is 10.8. The minimum atomic E-state index is -2.70. The fourth-order valence-electron chi connectivity index (χ4n) is 2.05. The highest BCUT2D eigenvalue weighted by Gasteiger charge is 2.25. The number of aromatic nitrogens is 4. The topological polar surface area (TPSA) is 64.7 Å². The Hall–Kier alpha value is -1.48. The minimum absolute atomic E-state index is 0.221. The van der Waals surface area contributed by atoms with Crippen LogP contribution in [0.15, 0.2) is 16.9 Å². The minimum Gasteiger partial charge on any atom is -0.352 e.